The van der Waals surface area contributed by atoms with Crippen LogP contribution in [0.5, 0.6) is 0 Å². The fourth-order valence-electron chi connectivity index (χ4n) is 7.30. The second-order valence-corrected chi connectivity index (χ2v) is 13.3. The molecule has 2 heterocycles. The third kappa shape index (κ3) is 6.30. The number of aromatic nitrogens is 3. The fraction of sp³-hybridized carbons (Fsp3) is 0. The molecule has 0 aliphatic rings. The van der Waals surface area contributed by atoms with Crippen LogP contribution in [-0.2, 0) is 0 Å². The molecule has 7 aromatic carbocycles. The van der Waals surface area contributed by atoms with Crippen LogP contribution in [0.3, 0.4) is 0 Å². The van der Waals surface area contributed by atoms with Crippen LogP contribution in [0, 0.1) is 0 Å². The zero-order chi connectivity index (χ0) is 37.1. The predicted molar refractivity (Wildman–Crippen MR) is 226 cm³/mol. The lowest BCUT2D eigenvalue weighted by atomic mass is 9.99. The molecule has 7 nitrogen and oxygen atoms in total. The monoisotopic (exact) mass is 711 g/mol. The van der Waals surface area contributed by atoms with Crippen molar-refractivity contribution in [2.45, 2.75) is 0 Å². The highest BCUT2D eigenvalue weighted by Crippen LogP contribution is 2.39. The second-order valence-electron chi connectivity index (χ2n) is 13.3. The van der Waals surface area contributed by atoms with Crippen LogP contribution in [0.2, 0.25) is 0 Å². The lowest BCUT2D eigenvalue weighted by Gasteiger charge is -2.14. The molecule has 2 aromatic heterocycles. The molecule has 0 aliphatic carbocycles. The zero-order valence-corrected chi connectivity index (χ0v) is 29.9. The van der Waals surface area contributed by atoms with Gasteiger partial charge in [0, 0.05) is 33.3 Å². The van der Waals surface area contributed by atoms with Crippen molar-refractivity contribution < 1.29 is 10.8 Å². The van der Waals surface area contributed by atoms with E-state index in [1.807, 2.05) is 78.9 Å². The molecule has 0 unspecified atom stereocenters. The molecule has 9 rings (SSSR count). The summed E-state index contributed by atoms with van der Waals surface area (Å²) in [6, 6.07) is 58.0. The van der Waals surface area contributed by atoms with E-state index in [-0.39, 0.29) is 0 Å². The summed E-state index contributed by atoms with van der Waals surface area (Å²) in [5, 5.41) is 22.0. The van der Waals surface area contributed by atoms with Gasteiger partial charge in [-0.1, -0.05) is 115 Å². The Morgan fingerprint density at radius 2 is 1.13 bits per heavy atom. The zero-order valence-electron chi connectivity index (χ0n) is 29.9. The summed E-state index contributed by atoms with van der Waals surface area (Å²) in [4.78, 5) is 9.93. The topological polar surface area (TPSA) is 106 Å². The maximum absolute atomic E-state index is 6.43. The molecule has 0 amide bonds. The van der Waals surface area contributed by atoms with E-state index in [2.05, 4.69) is 106 Å². The highest BCUT2D eigenvalue weighted by atomic mass is 15.0. The number of hydrogen-bond acceptors (Lipinski definition) is 4. The third-order valence-electron chi connectivity index (χ3n) is 9.90. The van der Waals surface area contributed by atoms with Crippen molar-refractivity contribution in [2.75, 3.05) is 10.6 Å². The number of anilines is 4. The Morgan fingerprint density at radius 1 is 0.509 bits per heavy atom. The van der Waals surface area contributed by atoms with Crippen molar-refractivity contribution in [1.82, 2.24) is 14.5 Å². The van der Waals surface area contributed by atoms with Gasteiger partial charge in [-0.2, -0.15) is 0 Å². The van der Waals surface area contributed by atoms with Gasteiger partial charge in [0.15, 0.2) is 12.4 Å². The van der Waals surface area contributed by atoms with Gasteiger partial charge >= 0.3 is 0 Å². The smallest absolute Gasteiger partial charge is 0.171 e. The Balaban J connectivity index is 1.11. The average Bonchev–Trinajstić information content (AvgIpc) is 3.58. The van der Waals surface area contributed by atoms with Gasteiger partial charge in [0.1, 0.15) is 5.82 Å². The molecule has 7 heteroatoms. The van der Waals surface area contributed by atoms with Crippen LogP contribution in [0.1, 0.15) is 11.1 Å². The number of nitrogens with two attached hydrogens (primary N) is 2. The molecule has 0 bridgehead atoms. The van der Waals surface area contributed by atoms with Crippen molar-refractivity contribution in [3.63, 3.8) is 0 Å². The van der Waals surface area contributed by atoms with Crippen molar-refractivity contribution >= 4 is 57.1 Å². The summed E-state index contributed by atoms with van der Waals surface area (Å²) in [5.74, 6) is 0.623. The molecular formula is C48H37N7+2. The maximum Gasteiger partial charge on any atom is 0.171 e. The molecule has 6 N–H and O–H groups in total. The molecule has 55 heavy (non-hydrogen) atoms. The number of nitrogens with one attached hydrogen (secondary N) is 2. The van der Waals surface area contributed by atoms with Gasteiger partial charge in [-0.05, 0) is 65.7 Å². The first-order chi connectivity index (χ1) is 27.2. The van der Waals surface area contributed by atoms with Crippen molar-refractivity contribution in [2.24, 2.45) is 0 Å². The summed E-state index contributed by atoms with van der Waals surface area (Å²) in [6.45, 7) is 0. The maximum atomic E-state index is 6.43. The minimum Gasteiger partial charge on any atom is -0.355 e. The number of fused-ring (bicyclic) bond motifs is 3. The molecule has 0 radical (unpaired) electrons. The lowest BCUT2D eigenvalue weighted by molar-refractivity contribution is -0.105. The first-order valence-electron chi connectivity index (χ1n) is 18.2. The highest BCUT2D eigenvalue weighted by molar-refractivity contribution is 6.16. The van der Waals surface area contributed by atoms with Crippen molar-refractivity contribution in [3.05, 3.63) is 187 Å². The van der Waals surface area contributed by atoms with E-state index in [0.717, 1.165) is 89.3 Å². The average molecular weight is 712 g/mol. The van der Waals surface area contributed by atoms with Crippen LogP contribution in [0.4, 0.5) is 22.9 Å². The van der Waals surface area contributed by atoms with Gasteiger partial charge in [-0.3, -0.25) is 15.8 Å². The standard InChI is InChI=1S/C48H35N7/c49-29-36-27-34(21-24-42(36)53-45-31-51-46(32-13-5-1-6-14-32)47(54-45)33-15-7-2-8-16-33)35-22-26-44-40(28-35)39-23-25-43(52-37-17-9-3-10-18-37)41(30-50)48(39)55(44)38-19-11-4-12-20-38/h1-31,49-50,52H,(H,53,54)/p+2. The van der Waals surface area contributed by atoms with E-state index in [4.69, 9.17) is 20.8 Å². The Bertz CT molecular complexity index is 2830. The first kappa shape index (κ1) is 33.2. The van der Waals surface area contributed by atoms with Gasteiger partial charge in [-0.15, -0.1) is 0 Å². The number of rotatable bonds is 10. The summed E-state index contributed by atoms with van der Waals surface area (Å²) < 4.78 is 2.29. The summed E-state index contributed by atoms with van der Waals surface area (Å²) in [6.07, 6.45) is 5.09. The number of para-hydroxylation sites is 2. The molecule has 262 valence electrons. The van der Waals surface area contributed by atoms with Crippen LogP contribution in [0.15, 0.2) is 176 Å². The Kier molecular flexibility index (Phi) is 8.70. The highest BCUT2D eigenvalue weighted by Gasteiger charge is 2.20. The molecule has 9 aromatic rings. The van der Waals surface area contributed by atoms with E-state index in [0.29, 0.717) is 5.82 Å². The minimum atomic E-state index is 0.623. The molecule has 0 aliphatic heterocycles. The van der Waals surface area contributed by atoms with Crippen LogP contribution >= 0.6 is 0 Å². The lowest BCUT2D eigenvalue weighted by Crippen LogP contribution is -2.30. The quantitative estimate of drug-likeness (QED) is 0.107. The minimum absolute atomic E-state index is 0.623. The molecule has 0 atom stereocenters. The van der Waals surface area contributed by atoms with Gasteiger partial charge in [-0.25, -0.2) is 4.98 Å². The Hall–Kier alpha value is -7.64. The molecule has 0 fully saturated rings. The Morgan fingerprint density at radius 3 is 1.82 bits per heavy atom. The number of hydrogen-bond donors (Lipinski definition) is 4. The van der Waals surface area contributed by atoms with E-state index in [1.165, 1.54) is 0 Å². The summed E-state index contributed by atoms with van der Waals surface area (Å²) >= 11 is 0. The molecular weight excluding hydrogens is 675 g/mol. The van der Waals surface area contributed by atoms with Gasteiger partial charge < -0.3 is 15.2 Å². The Labute approximate surface area is 318 Å². The summed E-state index contributed by atoms with van der Waals surface area (Å²) in [7, 11) is 0. The van der Waals surface area contributed by atoms with Gasteiger partial charge in [0.05, 0.1) is 51.1 Å². The molecule has 0 saturated carbocycles. The van der Waals surface area contributed by atoms with Crippen molar-refractivity contribution in [1.29, 1.82) is 0 Å². The molecule has 0 spiro atoms. The van der Waals surface area contributed by atoms with Gasteiger partial charge in [0.2, 0.25) is 0 Å². The van der Waals surface area contributed by atoms with Crippen LogP contribution < -0.4 is 21.5 Å². The molecule has 0 saturated heterocycles. The second kappa shape index (κ2) is 14.4. The first-order valence-corrected chi connectivity index (χ1v) is 18.2. The van der Waals surface area contributed by atoms with Crippen molar-refractivity contribution in [3.8, 4) is 39.3 Å². The largest absolute Gasteiger partial charge is 0.355 e. The number of benzene rings is 7. The third-order valence-corrected chi connectivity index (χ3v) is 9.90. The van der Waals surface area contributed by atoms with Gasteiger partial charge in [0.25, 0.3) is 0 Å². The fourth-order valence-corrected chi connectivity index (χ4v) is 7.30. The van der Waals surface area contributed by atoms with E-state index in [1.54, 1.807) is 18.6 Å². The van der Waals surface area contributed by atoms with E-state index < -0.39 is 0 Å². The van der Waals surface area contributed by atoms with E-state index in [9.17, 15) is 0 Å². The van der Waals surface area contributed by atoms with Crippen LogP contribution in [0.25, 0.3) is 61.1 Å². The predicted octanol–water partition coefficient (Wildman–Crippen LogP) is 8.42. The van der Waals surface area contributed by atoms with Crippen LogP contribution in [-0.4, -0.2) is 27.0 Å². The normalized spacial score (nSPS) is 11.1. The SMILES string of the molecule is [NH2+]=Cc1cc(-c2ccc3c(c2)c2ccc(Nc4ccccc4)c(C=[NH2+])c2n3-c2ccccc2)ccc1Nc1cnc(-c2ccccc2)c(-c2ccccc2)n1. The van der Waals surface area contributed by atoms with E-state index >= 15 is 0 Å². The number of nitrogens with zero attached hydrogens (tertiary/aromatic N) is 3. The summed E-state index contributed by atoms with van der Waals surface area (Å²) in [5.41, 5.74) is 13.4.